The molecule has 2 N–H and O–H groups in total. The normalized spacial score (nSPS) is 18.0. The van der Waals surface area contributed by atoms with E-state index in [4.69, 9.17) is 4.74 Å². The summed E-state index contributed by atoms with van der Waals surface area (Å²) in [6.07, 6.45) is 0.895. The predicted molar refractivity (Wildman–Crippen MR) is 107 cm³/mol. The monoisotopic (exact) mass is 383 g/mol. The van der Waals surface area contributed by atoms with E-state index in [1.807, 2.05) is 30.3 Å². The summed E-state index contributed by atoms with van der Waals surface area (Å²) in [5.74, 6) is 0.382. The minimum Gasteiger partial charge on any atom is -0.497 e. The van der Waals surface area contributed by atoms with Gasteiger partial charge in [0, 0.05) is 13.0 Å². The number of thioether (sulfide) groups is 1. The summed E-state index contributed by atoms with van der Waals surface area (Å²) in [5, 5.41) is 5.58. The van der Waals surface area contributed by atoms with E-state index in [1.54, 1.807) is 31.4 Å². The Labute approximate surface area is 162 Å². The van der Waals surface area contributed by atoms with E-state index < -0.39 is 5.25 Å². The van der Waals surface area contributed by atoms with E-state index >= 15 is 0 Å². The smallest absolute Gasteiger partial charge is 0.234 e. The maximum Gasteiger partial charge on any atom is 0.234 e. The fraction of sp³-hybridized carbons (Fsp3) is 0.250. The summed E-state index contributed by atoms with van der Waals surface area (Å²) in [4.78, 5) is 28.8. The van der Waals surface area contributed by atoms with E-state index in [0.717, 1.165) is 17.7 Å². The van der Waals surface area contributed by atoms with E-state index in [1.165, 1.54) is 11.8 Å². The zero-order valence-corrected chi connectivity index (χ0v) is 15.8. The van der Waals surface area contributed by atoms with Gasteiger partial charge in [-0.3, -0.25) is 9.59 Å². The minimum absolute atomic E-state index is 0.142. The Morgan fingerprint density at radius 2 is 1.96 bits per heavy atom. The van der Waals surface area contributed by atoms with Crippen LogP contribution >= 0.6 is 11.8 Å². The molecule has 140 valence electrons. The van der Waals surface area contributed by atoms with Crippen LogP contribution in [0.3, 0.4) is 0 Å². The molecule has 0 aromatic heterocycles. The number of carbonyl (C=O) groups excluding carboxylic acids is 2. The van der Waals surface area contributed by atoms with Crippen molar-refractivity contribution in [2.45, 2.75) is 18.1 Å². The van der Waals surface area contributed by atoms with Crippen LogP contribution in [0.2, 0.25) is 0 Å². The fourth-order valence-corrected chi connectivity index (χ4v) is 3.63. The van der Waals surface area contributed by atoms with Crippen LogP contribution in [-0.2, 0) is 16.0 Å². The summed E-state index contributed by atoms with van der Waals surface area (Å²) in [5.41, 5.74) is 1.84. The molecule has 1 atom stereocenters. The number of aliphatic imine (C=N–C) groups is 1. The molecule has 1 aliphatic heterocycles. The van der Waals surface area contributed by atoms with Gasteiger partial charge in [-0.1, -0.05) is 42.1 Å². The van der Waals surface area contributed by atoms with Gasteiger partial charge in [-0.15, -0.1) is 0 Å². The molecule has 0 bridgehead atoms. The number of rotatable bonds is 6. The molecule has 6 nitrogen and oxygen atoms in total. The van der Waals surface area contributed by atoms with Gasteiger partial charge in [-0.25, -0.2) is 4.99 Å². The average molecular weight is 383 g/mol. The fourth-order valence-electron chi connectivity index (χ4n) is 2.61. The van der Waals surface area contributed by atoms with Crippen LogP contribution in [-0.4, -0.2) is 35.9 Å². The third-order valence-electron chi connectivity index (χ3n) is 4.02. The van der Waals surface area contributed by atoms with E-state index in [9.17, 15) is 9.59 Å². The van der Waals surface area contributed by atoms with Gasteiger partial charge in [0.2, 0.25) is 11.8 Å². The van der Waals surface area contributed by atoms with Crippen molar-refractivity contribution in [2.75, 3.05) is 13.7 Å². The Bertz CT molecular complexity index is 822. The summed E-state index contributed by atoms with van der Waals surface area (Å²) in [6, 6.07) is 17.1. The minimum atomic E-state index is -0.480. The second-order valence-corrected chi connectivity index (χ2v) is 7.19. The third kappa shape index (κ3) is 5.59. The molecule has 27 heavy (non-hydrogen) atoms. The van der Waals surface area contributed by atoms with Crippen molar-refractivity contribution in [3.63, 3.8) is 0 Å². The van der Waals surface area contributed by atoms with Crippen molar-refractivity contribution in [1.82, 2.24) is 10.6 Å². The molecule has 1 saturated heterocycles. The van der Waals surface area contributed by atoms with E-state index in [2.05, 4.69) is 15.6 Å². The Balaban J connectivity index is 1.57. The van der Waals surface area contributed by atoms with E-state index in [0.29, 0.717) is 17.4 Å². The maximum atomic E-state index is 12.4. The Morgan fingerprint density at radius 3 is 2.67 bits per heavy atom. The molecule has 2 aromatic rings. The molecule has 1 aliphatic rings. The lowest BCUT2D eigenvalue weighted by molar-refractivity contribution is -0.125. The highest BCUT2D eigenvalue weighted by molar-refractivity contribution is 8.15. The average Bonchev–Trinajstić information content (AvgIpc) is 2.69. The zero-order valence-electron chi connectivity index (χ0n) is 15.0. The van der Waals surface area contributed by atoms with Crippen molar-refractivity contribution < 1.29 is 14.3 Å². The highest BCUT2D eigenvalue weighted by Gasteiger charge is 2.30. The molecule has 2 amide bonds. The van der Waals surface area contributed by atoms with Crippen molar-refractivity contribution in [3.8, 4) is 5.75 Å². The largest absolute Gasteiger partial charge is 0.497 e. The first-order valence-electron chi connectivity index (χ1n) is 8.65. The Hall–Kier alpha value is -2.80. The van der Waals surface area contributed by atoms with Gasteiger partial charge in [-0.2, -0.15) is 0 Å². The lowest BCUT2D eigenvalue weighted by atomic mass is 10.1. The van der Waals surface area contributed by atoms with Gasteiger partial charge < -0.3 is 15.4 Å². The molecule has 2 aromatic carbocycles. The van der Waals surface area contributed by atoms with Gasteiger partial charge in [-0.05, 0) is 36.2 Å². The number of hydrogen-bond acceptors (Lipinski definition) is 5. The number of carbonyl (C=O) groups is 2. The molecule has 0 unspecified atom stereocenters. The van der Waals surface area contributed by atoms with Gasteiger partial charge >= 0.3 is 0 Å². The van der Waals surface area contributed by atoms with Crippen LogP contribution in [0.15, 0.2) is 59.6 Å². The predicted octanol–water partition coefficient (Wildman–Crippen LogP) is 2.66. The lowest BCUT2D eigenvalue weighted by Crippen LogP contribution is -2.44. The first-order chi connectivity index (χ1) is 13.1. The first kappa shape index (κ1) is 19.0. The topological polar surface area (TPSA) is 79.8 Å². The van der Waals surface area contributed by atoms with Crippen molar-refractivity contribution in [3.05, 3.63) is 60.2 Å². The number of ether oxygens (including phenoxy) is 1. The van der Waals surface area contributed by atoms with Crippen LogP contribution in [0, 0.1) is 0 Å². The third-order valence-corrected chi connectivity index (χ3v) is 5.10. The number of methoxy groups -OCH3 is 1. The quantitative estimate of drug-likeness (QED) is 0.804. The molecule has 0 spiro atoms. The standard InChI is InChI=1S/C20H21N3O3S/c1-26-16-9-7-15(8-10-16)22-20-23-18(24)13-17(27-20)19(25)21-12-11-14-5-3-2-4-6-14/h2-10,17H,11-13H2,1H3,(H,21,25)(H,22,23,24)/t17-/m0/s1. The highest BCUT2D eigenvalue weighted by Crippen LogP contribution is 2.24. The number of amidine groups is 1. The first-order valence-corrected chi connectivity index (χ1v) is 9.53. The number of amides is 2. The number of benzene rings is 2. The van der Waals surface area contributed by atoms with Crippen molar-refractivity contribution >= 4 is 34.4 Å². The number of hydrogen-bond donors (Lipinski definition) is 2. The van der Waals surface area contributed by atoms with E-state index in [-0.39, 0.29) is 18.2 Å². The molecule has 7 heteroatoms. The van der Waals surface area contributed by atoms with Gasteiger partial charge in [0.1, 0.15) is 5.75 Å². The molecular formula is C20H21N3O3S. The molecule has 0 aliphatic carbocycles. The van der Waals surface area contributed by atoms with Crippen molar-refractivity contribution in [2.24, 2.45) is 4.99 Å². The molecule has 0 radical (unpaired) electrons. The Morgan fingerprint density at radius 1 is 1.22 bits per heavy atom. The van der Waals surface area contributed by atoms with Crippen LogP contribution in [0.25, 0.3) is 0 Å². The van der Waals surface area contributed by atoms with Gasteiger partial charge in [0.15, 0.2) is 5.17 Å². The second kappa shape index (κ2) is 9.23. The highest BCUT2D eigenvalue weighted by atomic mass is 32.2. The van der Waals surface area contributed by atoms with Crippen LogP contribution in [0.1, 0.15) is 12.0 Å². The molecule has 1 fully saturated rings. The lowest BCUT2D eigenvalue weighted by Gasteiger charge is -2.22. The Kier molecular flexibility index (Phi) is 6.49. The van der Waals surface area contributed by atoms with Crippen LogP contribution < -0.4 is 15.4 Å². The number of nitrogens with one attached hydrogen (secondary N) is 2. The summed E-state index contributed by atoms with van der Waals surface area (Å²) < 4.78 is 5.12. The van der Waals surface area contributed by atoms with Crippen molar-refractivity contribution in [1.29, 1.82) is 0 Å². The van der Waals surface area contributed by atoms with Crippen LogP contribution in [0.4, 0.5) is 5.69 Å². The molecule has 1 heterocycles. The SMILES string of the molecule is COc1ccc(N=C2NC(=O)C[C@@H](C(=O)NCCc3ccccc3)S2)cc1. The molecule has 3 rings (SSSR count). The molecule has 0 saturated carbocycles. The molecular weight excluding hydrogens is 362 g/mol. The van der Waals surface area contributed by atoms with Gasteiger partial charge in [0.25, 0.3) is 0 Å². The summed E-state index contributed by atoms with van der Waals surface area (Å²) in [6.45, 7) is 0.534. The van der Waals surface area contributed by atoms with Crippen LogP contribution in [0.5, 0.6) is 5.75 Å². The van der Waals surface area contributed by atoms with Gasteiger partial charge in [0.05, 0.1) is 18.0 Å². The number of nitrogens with zero attached hydrogens (tertiary/aromatic N) is 1. The summed E-state index contributed by atoms with van der Waals surface area (Å²) >= 11 is 1.27. The maximum absolute atomic E-state index is 12.4. The summed E-state index contributed by atoms with van der Waals surface area (Å²) in [7, 11) is 1.60. The zero-order chi connectivity index (χ0) is 19.1. The second-order valence-electron chi connectivity index (χ2n) is 6.00.